The van der Waals surface area contributed by atoms with Crippen molar-refractivity contribution in [1.29, 1.82) is 0 Å². The van der Waals surface area contributed by atoms with Crippen LogP contribution in [-0.2, 0) is 16.1 Å². The maximum absolute atomic E-state index is 11.2. The Labute approximate surface area is 107 Å². The summed E-state index contributed by atoms with van der Waals surface area (Å²) in [5.74, 6) is -0.210. The molecule has 0 N–H and O–H groups in total. The number of rotatable bonds is 4. The van der Waals surface area contributed by atoms with Crippen molar-refractivity contribution in [2.75, 3.05) is 20.7 Å². The number of methoxy groups -OCH3 is 1. The average molecular weight is 243 g/mol. The predicted molar refractivity (Wildman–Crippen MR) is 72.3 cm³/mol. The van der Waals surface area contributed by atoms with Crippen LogP contribution >= 0.6 is 0 Å². The Bertz CT molecular complexity index is 546. The molecule has 2 rings (SSSR count). The maximum Gasteiger partial charge on any atom is 0.319 e. The number of hydrogen-bond acceptors (Lipinski definition) is 3. The van der Waals surface area contributed by atoms with Crippen molar-refractivity contribution >= 4 is 16.7 Å². The van der Waals surface area contributed by atoms with Crippen molar-refractivity contribution < 1.29 is 9.53 Å². The molecule has 0 bridgehead atoms. The third-order valence-electron chi connectivity index (χ3n) is 2.95. The Balaban J connectivity index is 2.19. The van der Waals surface area contributed by atoms with E-state index in [-0.39, 0.29) is 5.97 Å². The lowest BCUT2D eigenvalue weighted by atomic mass is 10.0. The molecular weight excluding hydrogens is 226 g/mol. The van der Waals surface area contributed by atoms with Crippen LogP contribution < -0.4 is 0 Å². The van der Waals surface area contributed by atoms with Crippen molar-refractivity contribution in [3.8, 4) is 0 Å². The Kier molecular flexibility index (Phi) is 3.95. The first-order valence-electron chi connectivity index (χ1n) is 5.92. The molecule has 2 aromatic carbocycles. The van der Waals surface area contributed by atoms with Gasteiger partial charge in [-0.25, -0.2) is 0 Å². The summed E-state index contributed by atoms with van der Waals surface area (Å²) < 4.78 is 4.67. The van der Waals surface area contributed by atoms with Gasteiger partial charge in [-0.3, -0.25) is 9.69 Å². The number of nitrogens with zero attached hydrogens (tertiary/aromatic N) is 1. The third kappa shape index (κ3) is 2.87. The molecule has 0 radical (unpaired) electrons. The van der Waals surface area contributed by atoms with Crippen molar-refractivity contribution in [3.63, 3.8) is 0 Å². The number of ether oxygens (including phenoxy) is 1. The standard InChI is InChI=1S/C15H17NO2/c1-16(11-15(17)18-2)10-13-8-5-7-12-6-3-4-9-14(12)13/h3-9H,10-11H2,1-2H3. The van der Waals surface area contributed by atoms with E-state index in [9.17, 15) is 4.79 Å². The molecule has 3 heteroatoms. The summed E-state index contributed by atoms with van der Waals surface area (Å²) in [4.78, 5) is 13.2. The van der Waals surface area contributed by atoms with Gasteiger partial charge < -0.3 is 4.74 Å². The van der Waals surface area contributed by atoms with Gasteiger partial charge >= 0.3 is 5.97 Å². The van der Waals surface area contributed by atoms with Gasteiger partial charge in [-0.1, -0.05) is 42.5 Å². The van der Waals surface area contributed by atoms with Gasteiger partial charge in [0, 0.05) is 6.54 Å². The van der Waals surface area contributed by atoms with E-state index in [4.69, 9.17) is 0 Å². The number of likely N-dealkylation sites (N-methyl/N-ethyl adjacent to an activating group) is 1. The molecule has 94 valence electrons. The van der Waals surface area contributed by atoms with E-state index >= 15 is 0 Å². The van der Waals surface area contributed by atoms with Crippen LogP contribution in [0.4, 0.5) is 0 Å². The Morgan fingerprint density at radius 1 is 1.17 bits per heavy atom. The number of hydrogen-bond donors (Lipinski definition) is 0. The van der Waals surface area contributed by atoms with Crippen LogP contribution in [0.1, 0.15) is 5.56 Å². The highest BCUT2D eigenvalue weighted by atomic mass is 16.5. The molecule has 0 unspecified atom stereocenters. The van der Waals surface area contributed by atoms with Crippen LogP contribution in [0.5, 0.6) is 0 Å². The van der Waals surface area contributed by atoms with Gasteiger partial charge in [0.2, 0.25) is 0 Å². The second-order valence-corrected chi connectivity index (χ2v) is 4.39. The van der Waals surface area contributed by atoms with Crippen LogP contribution in [0.3, 0.4) is 0 Å². The first-order valence-corrected chi connectivity index (χ1v) is 5.92. The normalized spacial score (nSPS) is 10.8. The third-order valence-corrected chi connectivity index (χ3v) is 2.95. The molecule has 0 aliphatic rings. The Morgan fingerprint density at radius 2 is 1.89 bits per heavy atom. The second-order valence-electron chi connectivity index (χ2n) is 4.39. The fourth-order valence-corrected chi connectivity index (χ4v) is 2.06. The first-order chi connectivity index (χ1) is 8.70. The van der Waals surface area contributed by atoms with Crippen molar-refractivity contribution in [3.05, 3.63) is 48.0 Å². The van der Waals surface area contributed by atoms with Crippen LogP contribution in [0.15, 0.2) is 42.5 Å². The van der Waals surface area contributed by atoms with Gasteiger partial charge in [0.1, 0.15) is 0 Å². The molecule has 0 fully saturated rings. The summed E-state index contributed by atoms with van der Waals surface area (Å²) in [6.07, 6.45) is 0. The molecule has 0 amide bonds. The molecule has 0 aromatic heterocycles. The largest absolute Gasteiger partial charge is 0.468 e. The van der Waals surface area contributed by atoms with Crippen molar-refractivity contribution in [1.82, 2.24) is 4.90 Å². The molecule has 0 saturated heterocycles. The minimum absolute atomic E-state index is 0.210. The number of esters is 1. The van der Waals surface area contributed by atoms with E-state index in [2.05, 4.69) is 29.0 Å². The van der Waals surface area contributed by atoms with Crippen LogP contribution in [0.25, 0.3) is 10.8 Å². The predicted octanol–water partition coefficient (Wildman–Crippen LogP) is 2.44. The molecule has 3 nitrogen and oxygen atoms in total. The van der Waals surface area contributed by atoms with Crippen LogP contribution in [-0.4, -0.2) is 31.6 Å². The molecule has 0 heterocycles. The summed E-state index contributed by atoms with van der Waals surface area (Å²) in [5, 5.41) is 2.46. The van der Waals surface area contributed by atoms with Gasteiger partial charge in [0.05, 0.1) is 13.7 Å². The number of fused-ring (bicyclic) bond motifs is 1. The fourth-order valence-electron chi connectivity index (χ4n) is 2.06. The van der Waals surface area contributed by atoms with Gasteiger partial charge in [-0.2, -0.15) is 0 Å². The minimum atomic E-state index is -0.210. The summed E-state index contributed by atoms with van der Waals surface area (Å²) >= 11 is 0. The summed E-state index contributed by atoms with van der Waals surface area (Å²) in [6, 6.07) is 14.5. The molecule has 2 aromatic rings. The van der Waals surface area contributed by atoms with Gasteiger partial charge in [-0.15, -0.1) is 0 Å². The molecule has 18 heavy (non-hydrogen) atoms. The van der Waals surface area contributed by atoms with E-state index in [0.717, 1.165) is 6.54 Å². The SMILES string of the molecule is COC(=O)CN(C)Cc1cccc2ccccc12. The van der Waals surface area contributed by atoms with Crippen LogP contribution in [0, 0.1) is 0 Å². The Morgan fingerprint density at radius 3 is 2.67 bits per heavy atom. The lowest BCUT2D eigenvalue weighted by Crippen LogP contribution is -2.26. The summed E-state index contributed by atoms with van der Waals surface area (Å²) in [7, 11) is 3.33. The summed E-state index contributed by atoms with van der Waals surface area (Å²) in [5.41, 5.74) is 1.22. The van der Waals surface area contributed by atoms with E-state index in [1.807, 2.05) is 30.1 Å². The second kappa shape index (κ2) is 5.65. The Hall–Kier alpha value is -1.87. The van der Waals surface area contributed by atoms with E-state index in [0.29, 0.717) is 6.54 Å². The van der Waals surface area contributed by atoms with E-state index in [1.54, 1.807) is 0 Å². The average Bonchev–Trinajstić information content (AvgIpc) is 2.39. The number of carbonyl (C=O) groups excluding carboxylic acids is 1. The quantitative estimate of drug-likeness (QED) is 0.772. The topological polar surface area (TPSA) is 29.5 Å². The van der Waals surface area contributed by atoms with Crippen molar-refractivity contribution in [2.24, 2.45) is 0 Å². The van der Waals surface area contributed by atoms with Crippen molar-refractivity contribution in [2.45, 2.75) is 6.54 Å². The highest BCUT2D eigenvalue weighted by Crippen LogP contribution is 2.19. The lowest BCUT2D eigenvalue weighted by Gasteiger charge is -2.16. The molecule has 0 saturated carbocycles. The minimum Gasteiger partial charge on any atom is -0.468 e. The molecular formula is C15H17NO2. The monoisotopic (exact) mass is 243 g/mol. The molecule has 0 aliphatic carbocycles. The fraction of sp³-hybridized carbons (Fsp3) is 0.267. The highest BCUT2D eigenvalue weighted by molar-refractivity contribution is 5.85. The number of carbonyl (C=O) groups is 1. The van der Waals surface area contributed by atoms with Crippen LogP contribution in [0.2, 0.25) is 0 Å². The zero-order valence-corrected chi connectivity index (χ0v) is 10.7. The zero-order chi connectivity index (χ0) is 13.0. The number of benzene rings is 2. The summed E-state index contributed by atoms with van der Waals surface area (Å²) in [6.45, 7) is 1.04. The smallest absolute Gasteiger partial charge is 0.319 e. The van der Waals surface area contributed by atoms with Gasteiger partial charge in [0.25, 0.3) is 0 Å². The lowest BCUT2D eigenvalue weighted by molar-refractivity contribution is -0.141. The van der Waals surface area contributed by atoms with E-state index < -0.39 is 0 Å². The molecule has 0 aliphatic heterocycles. The zero-order valence-electron chi connectivity index (χ0n) is 10.7. The highest BCUT2D eigenvalue weighted by Gasteiger charge is 2.08. The molecule has 0 atom stereocenters. The molecule has 0 spiro atoms. The van der Waals surface area contributed by atoms with Gasteiger partial charge in [-0.05, 0) is 23.4 Å². The van der Waals surface area contributed by atoms with Gasteiger partial charge in [0.15, 0.2) is 0 Å². The van der Waals surface area contributed by atoms with E-state index in [1.165, 1.54) is 23.4 Å². The maximum atomic E-state index is 11.2. The first kappa shape index (κ1) is 12.6.